The van der Waals surface area contributed by atoms with Crippen LogP contribution in [0, 0.1) is 0 Å². The molecule has 2 N–H and O–H groups in total. The van der Waals surface area contributed by atoms with E-state index >= 15 is 0 Å². The van der Waals surface area contributed by atoms with Crippen LogP contribution in [0.5, 0.6) is 0 Å². The van der Waals surface area contributed by atoms with E-state index in [-0.39, 0.29) is 11.5 Å². The first-order valence-electron chi connectivity index (χ1n) is 13.1. The van der Waals surface area contributed by atoms with Crippen molar-refractivity contribution in [3.05, 3.63) is 138 Å². The predicted molar refractivity (Wildman–Crippen MR) is 155 cm³/mol. The van der Waals surface area contributed by atoms with Crippen molar-refractivity contribution in [2.24, 2.45) is 5.73 Å². The maximum Gasteiger partial charge on any atom is 0.0547 e. The highest BCUT2D eigenvalue weighted by Crippen LogP contribution is 2.50. The first-order chi connectivity index (χ1) is 18.0. The molecule has 0 unspecified atom stereocenters. The number of nitrogens with two attached hydrogens (primary N) is 1. The highest BCUT2D eigenvalue weighted by molar-refractivity contribution is 6.11. The van der Waals surface area contributed by atoms with Crippen LogP contribution in [0.3, 0.4) is 0 Å². The van der Waals surface area contributed by atoms with Gasteiger partial charge in [0.1, 0.15) is 0 Å². The molecule has 2 nitrogen and oxygen atoms in total. The van der Waals surface area contributed by atoms with Crippen molar-refractivity contribution < 1.29 is 0 Å². The summed E-state index contributed by atoms with van der Waals surface area (Å²) in [7, 11) is 0. The van der Waals surface area contributed by atoms with Gasteiger partial charge in [-0.25, -0.2) is 0 Å². The van der Waals surface area contributed by atoms with Crippen molar-refractivity contribution in [2.75, 3.05) is 0 Å². The standard InChI is InChI=1S/C35H30N2/c1-35(2)30-17-8-6-15-26(30)28-22-34-29(21-31(28)35)27-16-7-9-18-33(27)37(34)25-14-10-11-23(19-25)20-32(36)24-12-4-3-5-13-24/h3-19,21-22,32H,20,36H2,1-2H3/t32-/m1/s1. The minimum absolute atomic E-state index is 0.0171. The fraction of sp³-hybridized carbons (Fsp3) is 0.143. The largest absolute Gasteiger partial charge is 0.324 e. The summed E-state index contributed by atoms with van der Waals surface area (Å²) in [5.41, 5.74) is 18.2. The lowest BCUT2D eigenvalue weighted by Gasteiger charge is -2.21. The Morgan fingerprint density at radius 1 is 0.649 bits per heavy atom. The molecule has 0 aliphatic heterocycles. The van der Waals surface area contributed by atoms with Gasteiger partial charge < -0.3 is 10.3 Å². The normalized spacial score (nSPS) is 14.6. The summed E-state index contributed by atoms with van der Waals surface area (Å²) in [6, 6.07) is 41.7. The summed E-state index contributed by atoms with van der Waals surface area (Å²) in [6.07, 6.45) is 0.798. The van der Waals surface area contributed by atoms with Crippen LogP contribution in [0.15, 0.2) is 115 Å². The molecule has 1 heterocycles. The van der Waals surface area contributed by atoms with Crippen molar-refractivity contribution in [1.29, 1.82) is 0 Å². The molecule has 0 radical (unpaired) electrons. The predicted octanol–water partition coefficient (Wildman–Crippen LogP) is 8.33. The Kier molecular flexibility index (Phi) is 4.89. The minimum Gasteiger partial charge on any atom is -0.324 e. The molecule has 37 heavy (non-hydrogen) atoms. The van der Waals surface area contributed by atoms with Crippen LogP contribution in [0.25, 0.3) is 38.6 Å². The van der Waals surface area contributed by atoms with E-state index in [0.717, 1.165) is 6.42 Å². The Bertz CT molecular complexity index is 1790. The molecule has 1 aromatic heterocycles. The highest BCUT2D eigenvalue weighted by Gasteiger charge is 2.36. The number of nitrogens with zero attached hydrogens (tertiary/aromatic N) is 1. The first-order valence-corrected chi connectivity index (χ1v) is 13.1. The number of hydrogen-bond donors (Lipinski definition) is 1. The molecule has 0 fully saturated rings. The second-order valence-corrected chi connectivity index (χ2v) is 10.8. The summed E-state index contributed by atoms with van der Waals surface area (Å²) < 4.78 is 2.43. The molecule has 0 amide bonds. The molecule has 0 spiro atoms. The second-order valence-electron chi connectivity index (χ2n) is 10.8. The molecular weight excluding hydrogens is 448 g/mol. The Morgan fingerprint density at radius 3 is 2.27 bits per heavy atom. The van der Waals surface area contributed by atoms with Crippen molar-refractivity contribution >= 4 is 21.8 Å². The van der Waals surface area contributed by atoms with Gasteiger partial charge >= 0.3 is 0 Å². The molecule has 2 heteroatoms. The maximum absolute atomic E-state index is 6.60. The van der Waals surface area contributed by atoms with E-state index in [1.165, 1.54) is 60.9 Å². The van der Waals surface area contributed by atoms with E-state index in [1.807, 2.05) is 6.07 Å². The van der Waals surface area contributed by atoms with Gasteiger partial charge in [0, 0.05) is 27.9 Å². The van der Waals surface area contributed by atoms with Crippen LogP contribution >= 0.6 is 0 Å². The third-order valence-corrected chi connectivity index (χ3v) is 8.23. The fourth-order valence-corrected chi connectivity index (χ4v) is 6.34. The molecule has 0 saturated heterocycles. The van der Waals surface area contributed by atoms with E-state index in [0.29, 0.717) is 0 Å². The SMILES string of the molecule is CC1(C)c2ccccc2-c2cc3c(cc21)c1ccccc1n3-c1cccc(C[C@@H](N)c2ccccc2)c1. The van der Waals surface area contributed by atoms with Crippen molar-refractivity contribution in [3.63, 3.8) is 0 Å². The first kappa shape index (κ1) is 22.1. The van der Waals surface area contributed by atoms with Crippen LogP contribution in [0.2, 0.25) is 0 Å². The molecule has 1 aliphatic carbocycles. The zero-order valence-electron chi connectivity index (χ0n) is 21.3. The Morgan fingerprint density at radius 2 is 1.41 bits per heavy atom. The summed E-state index contributed by atoms with van der Waals surface area (Å²) >= 11 is 0. The fourth-order valence-electron chi connectivity index (χ4n) is 6.34. The third-order valence-electron chi connectivity index (χ3n) is 8.23. The van der Waals surface area contributed by atoms with Crippen LogP contribution in [-0.2, 0) is 11.8 Å². The van der Waals surface area contributed by atoms with Crippen molar-refractivity contribution in [3.8, 4) is 16.8 Å². The van der Waals surface area contributed by atoms with Crippen molar-refractivity contribution in [2.45, 2.75) is 31.7 Å². The molecule has 1 atom stereocenters. The van der Waals surface area contributed by atoms with E-state index < -0.39 is 0 Å². The van der Waals surface area contributed by atoms with Gasteiger partial charge in [0.25, 0.3) is 0 Å². The maximum atomic E-state index is 6.60. The van der Waals surface area contributed by atoms with Crippen LogP contribution in [0.4, 0.5) is 0 Å². The van der Waals surface area contributed by atoms with Gasteiger partial charge in [-0.05, 0) is 70.1 Å². The number of aromatic nitrogens is 1. The van der Waals surface area contributed by atoms with Gasteiger partial charge in [-0.2, -0.15) is 0 Å². The lowest BCUT2D eigenvalue weighted by molar-refractivity contribution is 0.661. The monoisotopic (exact) mass is 478 g/mol. The Balaban J connectivity index is 1.42. The van der Waals surface area contributed by atoms with Gasteiger partial charge in [0.2, 0.25) is 0 Å². The summed E-state index contributed by atoms with van der Waals surface area (Å²) in [6.45, 7) is 4.70. The highest BCUT2D eigenvalue weighted by atomic mass is 15.0. The summed E-state index contributed by atoms with van der Waals surface area (Å²) in [4.78, 5) is 0. The molecule has 6 aromatic rings. The summed E-state index contributed by atoms with van der Waals surface area (Å²) in [5.74, 6) is 0. The Labute approximate surface area is 218 Å². The Hall–Kier alpha value is -4.14. The second kappa shape index (κ2) is 8.19. The zero-order chi connectivity index (χ0) is 25.1. The van der Waals surface area contributed by atoms with Crippen LogP contribution < -0.4 is 5.73 Å². The number of rotatable bonds is 4. The van der Waals surface area contributed by atoms with E-state index in [1.54, 1.807) is 0 Å². The lowest BCUT2D eigenvalue weighted by atomic mass is 9.82. The summed E-state index contributed by atoms with van der Waals surface area (Å²) in [5, 5.41) is 2.60. The average Bonchev–Trinajstić information content (AvgIpc) is 3.37. The van der Waals surface area contributed by atoms with E-state index in [2.05, 4.69) is 128 Å². The molecule has 1 aliphatic rings. The van der Waals surface area contributed by atoms with Gasteiger partial charge in [0.15, 0.2) is 0 Å². The van der Waals surface area contributed by atoms with E-state index in [9.17, 15) is 0 Å². The van der Waals surface area contributed by atoms with Gasteiger partial charge in [-0.3, -0.25) is 0 Å². The third kappa shape index (κ3) is 3.37. The molecule has 5 aromatic carbocycles. The van der Waals surface area contributed by atoms with Crippen LogP contribution in [0.1, 0.15) is 42.1 Å². The molecular formula is C35H30N2. The number of fused-ring (bicyclic) bond motifs is 6. The smallest absolute Gasteiger partial charge is 0.0547 e. The zero-order valence-corrected chi connectivity index (χ0v) is 21.3. The molecule has 180 valence electrons. The molecule has 0 bridgehead atoms. The van der Waals surface area contributed by atoms with Crippen LogP contribution in [-0.4, -0.2) is 4.57 Å². The number of para-hydroxylation sites is 1. The molecule has 7 rings (SSSR count). The van der Waals surface area contributed by atoms with Gasteiger partial charge in [-0.15, -0.1) is 0 Å². The topological polar surface area (TPSA) is 30.9 Å². The van der Waals surface area contributed by atoms with Gasteiger partial charge in [-0.1, -0.05) is 98.8 Å². The number of benzene rings is 5. The number of hydrogen-bond acceptors (Lipinski definition) is 1. The van der Waals surface area contributed by atoms with E-state index in [4.69, 9.17) is 5.73 Å². The minimum atomic E-state index is -0.0309. The van der Waals surface area contributed by atoms with Gasteiger partial charge in [0.05, 0.1) is 11.0 Å². The average molecular weight is 479 g/mol. The molecule has 0 saturated carbocycles. The quantitative estimate of drug-likeness (QED) is 0.271. The van der Waals surface area contributed by atoms with Crippen molar-refractivity contribution in [1.82, 2.24) is 4.57 Å². The lowest BCUT2D eigenvalue weighted by Crippen LogP contribution is -2.14.